The predicted molar refractivity (Wildman–Crippen MR) is 93.5 cm³/mol. The van der Waals surface area contributed by atoms with Crippen molar-refractivity contribution < 1.29 is 0 Å². The van der Waals surface area contributed by atoms with Gasteiger partial charge in [-0.3, -0.25) is 5.43 Å². The van der Waals surface area contributed by atoms with Crippen molar-refractivity contribution in [2.75, 3.05) is 0 Å². The first kappa shape index (κ1) is 14.2. The lowest BCUT2D eigenvalue weighted by Crippen LogP contribution is -2.50. The Morgan fingerprint density at radius 3 is 2.09 bits per heavy atom. The molecule has 0 unspecified atom stereocenters. The van der Waals surface area contributed by atoms with Crippen molar-refractivity contribution in [3.05, 3.63) is 35.9 Å². The molecule has 0 aliphatic heterocycles. The first-order chi connectivity index (χ1) is 10.6. The first-order valence-corrected chi connectivity index (χ1v) is 8.74. The van der Waals surface area contributed by atoms with Crippen LogP contribution in [0.2, 0.25) is 0 Å². The van der Waals surface area contributed by atoms with Crippen LogP contribution in [0.25, 0.3) is 0 Å². The molecule has 0 heterocycles. The Balaban J connectivity index is 1.74. The van der Waals surface area contributed by atoms with Gasteiger partial charge in [-0.25, -0.2) is 0 Å². The first-order valence-electron chi connectivity index (χ1n) is 8.34. The van der Waals surface area contributed by atoms with Gasteiger partial charge < -0.3 is 5.73 Å². The molecule has 0 atom stereocenters. The molecule has 0 radical (unpaired) electrons. The number of thiocarbonyl (C=S) groups is 1. The maximum Gasteiger partial charge on any atom is 0.184 e. The fourth-order valence-electron chi connectivity index (χ4n) is 5.60. The van der Waals surface area contributed by atoms with Crippen molar-refractivity contribution in [2.24, 2.45) is 34.0 Å². The van der Waals surface area contributed by atoms with Crippen LogP contribution >= 0.6 is 12.2 Å². The van der Waals surface area contributed by atoms with Crippen molar-refractivity contribution in [1.29, 1.82) is 0 Å². The Kier molecular flexibility index (Phi) is 3.44. The molecule has 4 bridgehead atoms. The van der Waals surface area contributed by atoms with Crippen LogP contribution < -0.4 is 11.2 Å². The Bertz CT molecular complexity index is 573. The van der Waals surface area contributed by atoms with Crippen LogP contribution in [0.5, 0.6) is 0 Å². The second-order valence-electron chi connectivity index (χ2n) is 7.50. The van der Waals surface area contributed by atoms with Crippen molar-refractivity contribution in [3.63, 3.8) is 0 Å². The molecule has 4 heteroatoms. The number of rotatable bonds is 3. The molecule has 1 aromatic carbocycles. The van der Waals surface area contributed by atoms with Crippen molar-refractivity contribution >= 4 is 23.0 Å². The van der Waals surface area contributed by atoms with Gasteiger partial charge in [0, 0.05) is 5.41 Å². The Morgan fingerprint density at radius 1 is 1.05 bits per heavy atom. The van der Waals surface area contributed by atoms with E-state index in [1.54, 1.807) is 0 Å². The van der Waals surface area contributed by atoms with Crippen molar-refractivity contribution in [2.45, 2.75) is 38.5 Å². The van der Waals surface area contributed by atoms with Crippen LogP contribution in [0, 0.1) is 23.2 Å². The van der Waals surface area contributed by atoms with Gasteiger partial charge in [0.25, 0.3) is 0 Å². The second kappa shape index (κ2) is 5.34. The third kappa shape index (κ3) is 2.43. The molecular formula is C18H23N3S. The number of benzene rings is 1. The second-order valence-corrected chi connectivity index (χ2v) is 7.94. The van der Waals surface area contributed by atoms with E-state index < -0.39 is 0 Å². The van der Waals surface area contributed by atoms with Gasteiger partial charge in [0.2, 0.25) is 0 Å². The number of hydrogen-bond acceptors (Lipinski definition) is 2. The summed E-state index contributed by atoms with van der Waals surface area (Å²) in [6, 6.07) is 10.6. The Labute approximate surface area is 137 Å². The van der Waals surface area contributed by atoms with E-state index in [0.29, 0.717) is 0 Å². The normalized spacial score (nSPS) is 36.4. The molecule has 3 N–H and O–H groups in total. The molecule has 0 spiro atoms. The van der Waals surface area contributed by atoms with Gasteiger partial charge in [0.05, 0.1) is 5.71 Å². The highest BCUT2D eigenvalue weighted by Gasteiger charge is 2.53. The van der Waals surface area contributed by atoms with Crippen LogP contribution in [0.4, 0.5) is 0 Å². The number of hydrazone groups is 1. The molecule has 4 aliphatic rings. The molecule has 4 fully saturated rings. The maximum atomic E-state index is 5.62. The largest absolute Gasteiger partial charge is 0.375 e. The molecule has 5 rings (SSSR count). The molecule has 1 aromatic rings. The van der Waals surface area contributed by atoms with Gasteiger partial charge in [-0.2, -0.15) is 5.10 Å². The minimum atomic E-state index is 0.230. The topological polar surface area (TPSA) is 50.4 Å². The lowest BCUT2D eigenvalue weighted by molar-refractivity contribution is -0.0121. The predicted octanol–water partition coefficient (Wildman–Crippen LogP) is 3.44. The van der Waals surface area contributed by atoms with Gasteiger partial charge in [-0.1, -0.05) is 30.3 Å². The van der Waals surface area contributed by atoms with E-state index in [-0.39, 0.29) is 10.5 Å². The average Bonchev–Trinajstić information content (AvgIpc) is 2.46. The third-order valence-electron chi connectivity index (χ3n) is 5.87. The molecule has 4 aliphatic carbocycles. The van der Waals surface area contributed by atoms with Gasteiger partial charge >= 0.3 is 0 Å². The van der Waals surface area contributed by atoms with E-state index in [9.17, 15) is 0 Å². The third-order valence-corrected chi connectivity index (χ3v) is 5.96. The van der Waals surface area contributed by atoms with Gasteiger partial charge in [-0.05, 0) is 74.1 Å². The fourth-order valence-corrected chi connectivity index (χ4v) is 5.64. The highest BCUT2D eigenvalue weighted by Crippen LogP contribution is 2.61. The van der Waals surface area contributed by atoms with E-state index >= 15 is 0 Å². The summed E-state index contributed by atoms with van der Waals surface area (Å²) in [5.74, 6) is 2.68. The molecule has 22 heavy (non-hydrogen) atoms. The molecule has 116 valence electrons. The number of nitrogens with one attached hydrogen (secondary N) is 1. The molecule has 0 saturated heterocycles. The summed E-state index contributed by atoms with van der Waals surface area (Å²) in [5.41, 5.74) is 11.1. The highest BCUT2D eigenvalue weighted by atomic mass is 32.1. The smallest absolute Gasteiger partial charge is 0.184 e. The number of hydrogen-bond donors (Lipinski definition) is 2. The average molecular weight is 313 g/mol. The molecule has 0 aromatic heterocycles. The summed E-state index contributed by atoms with van der Waals surface area (Å²) in [5, 5.41) is 4.93. The van der Waals surface area contributed by atoms with Crippen LogP contribution in [0.1, 0.15) is 44.1 Å². The van der Waals surface area contributed by atoms with E-state index in [1.165, 1.54) is 49.8 Å². The van der Waals surface area contributed by atoms with Gasteiger partial charge in [0.15, 0.2) is 5.11 Å². The Hall–Kier alpha value is -1.42. The van der Waals surface area contributed by atoms with Gasteiger partial charge in [-0.15, -0.1) is 0 Å². The standard InChI is InChI=1S/C18H23N3S/c19-17(22)21-20-16(15-4-2-1-3-5-15)18-9-12-6-13(10-18)8-14(7-12)11-18/h1-5,12-14H,6-11H2,(H3,19,21,22)/b20-16-. The lowest BCUT2D eigenvalue weighted by Gasteiger charge is -2.57. The summed E-state index contributed by atoms with van der Waals surface area (Å²) in [7, 11) is 0. The monoisotopic (exact) mass is 313 g/mol. The van der Waals surface area contributed by atoms with E-state index in [0.717, 1.165) is 17.8 Å². The quantitative estimate of drug-likeness (QED) is 0.510. The molecule has 3 nitrogen and oxygen atoms in total. The summed E-state index contributed by atoms with van der Waals surface area (Å²) < 4.78 is 0. The summed E-state index contributed by atoms with van der Waals surface area (Å²) in [4.78, 5) is 0. The fraction of sp³-hybridized carbons (Fsp3) is 0.556. The van der Waals surface area contributed by atoms with E-state index in [1.807, 2.05) is 0 Å². The summed E-state index contributed by atoms with van der Waals surface area (Å²) in [6.07, 6.45) is 8.15. The van der Waals surface area contributed by atoms with Crippen LogP contribution in [-0.4, -0.2) is 10.8 Å². The number of nitrogens with zero attached hydrogens (tertiary/aromatic N) is 1. The molecule has 0 amide bonds. The van der Waals surface area contributed by atoms with Crippen molar-refractivity contribution in [1.82, 2.24) is 5.43 Å². The highest BCUT2D eigenvalue weighted by molar-refractivity contribution is 7.80. The van der Waals surface area contributed by atoms with Crippen molar-refractivity contribution in [3.8, 4) is 0 Å². The zero-order valence-corrected chi connectivity index (χ0v) is 13.6. The zero-order valence-electron chi connectivity index (χ0n) is 12.8. The lowest BCUT2D eigenvalue weighted by atomic mass is 9.48. The molecular weight excluding hydrogens is 290 g/mol. The van der Waals surface area contributed by atoms with Gasteiger partial charge in [0.1, 0.15) is 0 Å². The zero-order chi connectivity index (χ0) is 15.2. The van der Waals surface area contributed by atoms with E-state index in [2.05, 4.69) is 40.9 Å². The summed E-state index contributed by atoms with van der Waals surface area (Å²) in [6.45, 7) is 0. The number of nitrogens with two attached hydrogens (primary N) is 1. The van der Waals surface area contributed by atoms with Crippen LogP contribution in [0.15, 0.2) is 35.4 Å². The van der Waals surface area contributed by atoms with E-state index in [4.69, 9.17) is 18.0 Å². The minimum Gasteiger partial charge on any atom is -0.375 e. The Morgan fingerprint density at radius 2 is 1.59 bits per heavy atom. The van der Waals surface area contributed by atoms with Crippen LogP contribution in [-0.2, 0) is 0 Å². The maximum absolute atomic E-state index is 5.62. The molecule has 4 saturated carbocycles. The summed E-state index contributed by atoms with van der Waals surface area (Å²) >= 11 is 4.97. The minimum absolute atomic E-state index is 0.230. The SMILES string of the molecule is NC(=S)N/N=C(/c1ccccc1)C12CC3CC(CC(C3)C1)C2. The van der Waals surface area contributed by atoms with Crippen LogP contribution in [0.3, 0.4) is 0 Å².